The zero-order chi connectivity index (χ0) is 20.9. The Labute approximate surface area is 176 Å². The van der Waals surface area contributed by atoms with Gasteiger partial charge >= 0.3 is 0 Å². The Bertz CT molecular complexity index is 1110. The lowest BCUT2D eigenvalue weighted by Crippen LogP contribution is -2.08. The van der Waals surface area contributed by atoms with Gasteiger partial charge in [-0.05, 0) is 30.2 Å². The number of hydrogen-bond acceptors (Lipinski definition) is 5. The maximum atomic E-state index is 5.58. The van der Waals surface area contributed by atoms with Crippen LogP contribution in [0.2, 0.25) is 0 Å². The van der Waals surface area contributed by atoms with Crippen LogP contribution in [0.25, 0.3) is 27.6 Å². The van der Waals surface area contributed by atoms with Gasteiger partial charge in [0, 0.05) is 17.3 Å². The Hall–Kier alpha value is -3.28. The van der Waals surface area contributed by atoms with E-state index in [0.29, 0.717) is 19.1 Å². The molecule has 30 heavy (non-hydrogen) atoms. The average molecular weight is 400 g/mol. The number of hydrogen-bond donors (Lipinski definition) is 0. The third-order valence-corrected chi connectivity index (χ3v) is 5.00. The molecule has 0 saturated carbocycles. The lowest BCUT2D eigenvalue weighted by molar-refractivity contribution is -0.0109. The molecule has 5 nitrogen and oxygen atoms in total. The average Bonchev–Trinajstić information content (AvgIpc) is 3.34. The third kappa shape index (κ3) is 4.03. The summed E-state index contributed by atoms with van der Waals surface area (Å²) in [6, 6.07) is 14.1. The molecule has 1 aromatic carbocycles. The molecule has 4 rings (SSSR count). The molecule has 152 valence electrons. The Balaban J connectivity index is 1.88. The highest BCUT2D eigenvalue weighted by Gasteiger charge is 2.18. The number of fused-ring (bicyclic) bond motifs is 1. The van der Waals surface area contributed by atoms with Crippen molar-refractivity contribution in [3.63, 3.8) is 0 Å². The highest BCUT2D eigenvalue weighted by molar-refractivity contribution is 5.93. The van der Waals surface area contributed by atoms with Crippen LogP contribution in [0.15, 0.2) is 79.0 Å². The molecule has 1 aliphatic heterocycles. The van der Waals surface area contributed by atoms with Gasteiger partial charge in [0.2, 0.25) is 5.88 Å². The number of benzene rings is 1. The SMILES string of the molecule is C=C/C(=C\C=C(/C)C1OCCO1)c1nc2ccnc(OC)c2cc1-c1ccccc1. The highest BCUT2D eigenvalue weighted by atomic mass is 16.7. The molecule has 3 heterocycles. The van der Waals surface area contributed by atoms with E-state index in [1.54, 1.807) is 13.3 Å². The molecule has 0 spiro atoms. The van der Waals surface area contributed by atoms with Gasteiger partial charge in [-0.25, -0.2) is 9.97 Å². The summed E-state index contributed by atoms with van der Waals surface area (Å²) in [6.07, 6.45) is 7.24. The summed E-state index contributed by atoms with van der Waals surface area (Å²) in [5.41, 5.74) is 5.61. The second-order valence-electron chi connectivity index (χ2n) is 6.95. The fourth-order valence-corrected chi connectivity index (χ4v) is 3.46. The van der Waals surface area contributed by atoms with Crippen LogP contribution >= 0.6 is 0 Å². The largest absolute Gasteiger partial charge is 0.481 e. The van der Waals surface area contributed by atoms with Gasteiger partial charge in [-0.3, -0.25) is 0 Å². The molecule has 0 atom stereocenters. The maximum Gasteiger partial charge on any atom is 0.222 e. The summed E-state index contributed by atoms with van der Waals surface area (Å²) < 4.78 is 16.6. The van der Waals surface area contributed by atoms with Crippen LogP contribution in [-0.4, -0.2) is 36.6 Å². The Kier molecular flexibility index (Phi) is 6.02. The van der Waals surface area contributed by atoms with Crippen molar-refractivity contribution in [1.29, 1.82) is 0 Å². The molecule has 0 N–H and O–H groups in total. The predicted molar refractivity (Wildman–Crippen MR) is 119 cm³/mol. The summed E-state index contributed by atoms with van der Waals surface area (Å²) in [6.45, 7) is 7.26. The lowest BCUT2D eigenvalue weighted by atomic mass is 9.97. The van der Waals surface area contributed by atoms with Crippen molar-refractivity contribution in [3.8, 4) is 17.0 Å². The molecule has 0 bridgehead atoms. The van der Waals surface area contributed by atoms with Crippen molar-refractivity contribution >= 4 is 16.5 Å². The van der Waals surface area contributed by atoms with Gasteiger partial charge < -0.3 is 14.2 Å². The normalized spacial score (nSPS) is 15.5. The zero-order valence-corrected chi connectivity index (χ0v) is 17.2. The Morgan fingerprint density at radius 1 is 1.13 bits per heavy atom. The molecular weight excluding hydrogens is 376 g/mol. The van der Waals surface area contributed by atoms with Gasteiger partial charge in [-0.2, -0.15) is 0 Å². The first-order chi connectivity index (χ1) is 14.7. The number of pyridine rings is 2. The van der Waals surface area contributed by atoms with Gasteiger partial charge in [0.1, 0.15) is 0 Å². The van der Waals surface area contributed by atoms with Crippen molar-refractivity contribution in [2.24, 2.45) is 0 Å². The molecule has 1 saturated heterocycles. The van der Waals surface area contributed by atoms with E-state index in [1.807, 2.05) is 49.4 Å². The quantitative estimate of drug-likeness (QED) is 0.533. The van der Waals surface area contributed by atoms with Crippen molar-refractivity contribution in [1.82, 2.24) is 9.97 Å². The first kappa shape index (κ1) is 20.0. The van der Waals surface area contributed by atoms with E-state index in [-0.39, 0.29) is 6.29 Å². The molecule has 5 heteroatoms. The number of rotatable bonds is 6. The summed E-state index contributed by atoms with van der Waals surface area (Å²) in [4.78, 5) is 9.28. The van der Waals surface area contributed by atoms with Crippen molar-refractivity contribution in [2.75, 3.05) is 20.3 Å². The van der Waals surface area contributed by atoms with Crippen molar-refractivity contribution < 1.29 is 14.2 Å². The second-order valence-corrected chi connectivity index (χ2v) is 6.95. The van der Waals surface area contributed by atoms with Gasteiger partial charge in [0.15, 0.2) is 6.29 Å². The van der Waals surface area contributed by atoms with E-state index in [9.17, 15) is 0 Å². The van der Waals surface area contributed by atoms with E-state index in [4.69, 9.17) is 19.2 Å². The Morgan fingerprint density at radius 3 is 2.60 bits per heavy atom. The van der Waals surface area contributed by atoms with Crippen molar-refractivity contribution in [3.05, 3.63) is 84.7 Å². The van der Waals surface area contributed by atoms with E-state index in [2.05, 4.69) is 29.8 Å². The molecule has 1 aliphatic rings. The number of nitrogens with zero attached hydrogens (tertiary/aromatic N) is 2. The van der Waals surface area contributed by atoms with Gasteiger partial charge in [-0.1, -0.05) is 55.1 Å². The van der Waals surface area contributed by atoms with Gasteiger partial charge in [0.05, 0.1) is 36.9 Å². The van der Waals surface area contributed by atoms with E-state index in [0.717, 1.165) is 38.9 Å². The summed E-state index contributed by atoms with van der Waals surface area (Å²) >= 11 is 0. The van der Waals surface area contributed by atoms with Crippen LogP contribution in [-0.2, 0) is 9.47 Å². The topological polar surface area (TPSA) is 53.5 Å². The van der Waals surface area contributed by atoms with Crippen LogP contribution in [0.5, 0.6) is 5.88 Å². The second kappa shape index (κ2) is 9.03. The molecular formula is C25H24N2O3. The Morgan fingerprint density at radius 2 is 1.90 bits per heavy atom. The highest BCUT2D eigenvalue weighted by Crippen LogP contribution is 2.34. The summed E-state index contributed by atoms with van der Waals surface area (Å²) in [5.74, 6) is 0.555. The van der Waals surface area contributed by atoms with Gasteiger partial charge in [-0.15, -0.1) is 0 Å². The molecule has 3 aromatic rings. The van der Waals surface area contributed by atoms with Crippen molar-refractivity contribution in [2.45, 2.75) is 13.2 Å². The zero-order valence-electron chi connectivity index (χ0n) is 17.2. The summed E-state index contributed by atoms with van der Waals surface area (Å²) in [7, 11) is 1.62. The maximum absolute atomic E-state index is 5.58. The minimum Gasteiger partial charge on any atom is -0.481 e. The number of aromatic nitrogens is 2. The van der Waals surface area contributed by atoms with Crippen LogP contribution in [0.4, 0.5) is 0 Å². The van der Waals surface area contributed by atoms with E-state index in [1.165, 1.54) is 0 Å². The van der Waals surface area contributed by atoms with Crippen LogP contribution < -0.4 is 4.74 Å². The lowest BCUT2D eigenvalue weighted by Gasteiger charge is -2.13. The van der Waals surface area contributed by atoms with Crippen LogP contribution in [0.1, 0.15) is 12.6 Å². The fourth-order valence-electron chi connectivity index (χ4n) is 3.46. The van der Waals surface area contributed by atoms with Gasteiger partial charge in [0.25, 0.3) is 0 Å². The molecule has 0 aliphatic carbocycles. The fraction of sp³-hybridized carbons (Fsp3) is 0.200. The first-order valence-electron chi connectivity index (χ1n) is 9.85. The molecule has 0 unspecified atom stereocenters. The van der Waals surface area contributed by atoms with E-state index < -0.39 is 0 Å². The third-order valence-electron chi connectivity index (χ3n) is 5.00. The number of methoxy groups -OCH3 is 1. The summed E-state index contributed by atoms with van der Waals surface area (Å²) in [5, 5.41) is 0.866. The number of allylic oxidation sites excluding steroid dienone is 4. The molecule has 2 aromatic heterocycles. The van der Waals surface area contributed by atoms with E-state index >= 15 is 0 Å². The predicted octanol–water partition coefficient (Wildman–Crippen LogP) is 5.19. The molecule has 0 radical (unpaired) electrons. The number of ether oxygens (including phenoxy) is 3. The molecule has 0 amide bonds. The van der Waals surface area contributed by atoms with Crippen LogP contribution in [0.3, 0.4) is 0 Å². The minimum absolute atomic E-state index is 0.291. The standard InChI is InChI=1S/C25H24N2O3/c1-4-18(11-10-17(2)25-29-14-15-30-25)23-20(19-8-6-5-7-9-19)16-21-22(27-23)12-13-26-24(21)28-3/h4-13,16,25H,1,14-15H2,2-3H3/b17-10+,18-11+. The molecule has 1 fully saturated rings. The smallest absolute Gasteiger partial charge is 0.222 e. The van der Waals surface area contributed by atoms with Crippen LogP contribution in [0, 0.1) is 0 Å². The monoisotopic (exact) mass is 400 g/mol. The first-order valence-corrected chi connectivity index (χ1v) is 9.85. The minimum atomic E-state index is -0.291.